The van der Waals surface area contributed by atoms with Gasteiger partial charge in [0, 0.05) is 0 Å². The Morgan fingerprint density at radius 3 is 2.47 bits per heavy atom. The van der Waals surface area contributed by atoms with Gasteiger partial charge >= 0.3 is 5.97 Å². The van der Waals surface area contributed by atoms with Crippen molar-refractivity contribution in [2.75, 3.05) is 27.4 Å². The lowest BCUT2D eigenvalue weighted by atomic mass is 10.1. The van der Waals surface area contributed by atoms with E-state index in [1.807, 2.05) is 24.3 Å². The van der Waals surface area contributed by atoms with E-state index in [-0.39, 0.29) is 19.3 Å². The molecular weight excluding hydrogens is 222 g/mol. The van der Waals surface area contributed by atoms with Crippen LogP contribution in [0.5, 0.6) is 5.75 Å². The predicted octanol–water partition coefficient (Wildman–Crippen LogP) is 0.885. The van der Waals surface area contributed by atoms with Gasteiger partial charge in [-0.15, -0.1) is 0 Å². The Labute approximate surface area is 100 Å². The summed E-state index contributed by atoms with van der Waals surface area (Å²) in [6.07, 6.45) is 0. The van der Waals surface area contributed by atoms with Gasteiger partial charge in [-0.05, 0) is 17.7 Å². The van der Waals surface area contributed by atoms with Crippen LogP contribution in [0.25, 0.3) is 0 Å². The number of ether oxygens (including phenoxy) is 3. The fraction of sp³-hybridized carbons (Fsp3) is 0.417. The minimum absolute atomic E-state index is 0.0830. The van der Waals surface area contributed by atoms with Gasteiger partial charge in [0.15, 0.2) is 0 Å². The van der Waals surface area contributed by atoms with Crippen molar-refractivity contribution in [3.05, 3.63) is 29.8 Å². The van der Waals surface area contributed by atoms with E-state index in [2.05, 4.69) is 4.74 Å². The van der Waals surface area contributed by atoms with Crippen LogP contribution in [0.15, 0.2) is 24.3 Å². The van der Waals surface area contributed by atoms with Gasteiger partial charge in [-0.2, -0.15) is 0 Å². The summed E-state index contributed by atoms with van der Waals surface area (Å²) in [7, 11) is 2.92. The van der Waals surface area contributed by atoms with Crippen LogP contribution in [0.3, 0.4) is 0 Å². The molecule has 0 saturated carbocycles. The van der Waals surface area contributed by atoms with Crippen molar-refractivity contribution in [2.24, 2.45) is 5.73 Å². The molecule has 0 radical (unpaired) electrons. The molecule has 1 atom stereocenters. The van der Waals surface area contributed by atoms with Crippen molar-refractivity contribution in [1.82, 2.24) is 0 Å². The maximum Gasteiger partial charge on any atom is 0.331 e. The van der Waals surface area contributed by atoms with Gasteiger partial charge < -0.3 is 19.9 Å². The molecule has 0 aliphatic heterocycles. The number of hydrogen-bond donors (Lipinski definition) is 1. The standard InChI is InChI=1S/C12H17NO4/c1-15-10-5-3-9(4-6-10)11(13)7-17-8-12(14)16-2/h3-6,11H,7-8,13H2,1-2H3. The molecule has 1 rings (SSSR count). The predicted molar refractivity (Wildman–Crippen MR) is 62.8 cm³/mol. The second-order valence-electron chi connectivity index (χ2n) is 3.47. The first-order valence-electron chi connectivity index (χ1n) is 5.21. The fourth-order valence-corrected chi connectivity index (χ4v) is 1.28. The Bertz CT molecular complexity index is 350. The van der Waals surface area contributed by atoms with Crippen molar-refractivity contribution < 1.29 is 19.0 Å². The van der Waals surface area contributed by atoms with E-state index in [4.69, 9.17) is 15.2 Å². The second-order valence-corrected chi connectivity index (χ2v) is 3.47. The van der Waals surface area contributed by atoms with Crippen LogP contribution in [-0.4, -0.2) is 33.4 Å². The molecule has 0 heterocycles. The minimum atomic E-state index is -0.410. The molecule has 0 saturated heterocycles. The average molecular weight is 239 g/mol. The summed E-state index contributed by atoms with van der Waals surface area (Å²) in [5.74, 6) is 0.364. The van der Waals surface area contributed by atoms with Crippen LogP contribution in [0, 0.1) is 0 Å². The molecule has 1 aromatic carbocycles. The molecule has 17 heavy (non-hydrogen) atoms. The SMILES string of the molecule is COC(=O)COCC(N)c1ccc(OC)cc1. The molecule has 0 amide bonds. The van der Waals surface area contributed by atoms with Gasteiger partial charge in [-0.3, -0.25) is 0 Å². The number of carbonyl (C=O) groups is 1. The summed E-state index contributed by atoms with van der Waals surface area (Å²) in [5, 5.41) is 0. The van der Waals surface area contributed by atoms with Crippen molar-refractivity contribution in [3.8, 4) is 5.75 Å². The van der Waals surface area contributed by atoms with Gasteiger partial charge in [0.1, 0.15) is 12.4 Å². The maximum absolute atomic E-state index is 10.8. The van der Waals surface area contributed by atoms with Crippen LogP contribution in [0.1, 0.15) is 11.6 Å². The number of nitrogens with two attached hydrogens (primary N) is 1. The molecular formula is C12H17NO4. The molecule has 1 unspecified atom stereocenters. The van der Waals surface area contributed by atoms with Crippen LogP contribution < -0.4 is 10.5 Å². The molecule has 0 fully saturated rings. The zero-order chi connectivity index (χ0) is 12.7. The molecule has 0 aliphatic rings. The third-order valence-electron chi connectivity index (χ3n) is 2.29. The van der Waals surface area contributed by atoms with Crippen molar-refractivity contribution in [3.63, 3.8) is 0 Å². The molecule has 94 valence electrons. The highest BCUT2D eigenvalue weighted by atomic mass is 16.6. The molecule has 1 aromatic rings. The molecule has 0 aliphatic carbocycles. The number of hydrogen-bond acceptors (Lipinski definition) is 5. The van der Waals surface area contributed by atoms with Gasteiger partial charge in [0.25, 0.3) is 0 Å². The quantitative estimate of drug-likeness (QED) is 0.746. The number of benzene rings is 1. The number of methoxy groups -OCH3 is 2. The Hall–Kier alpha value is -1.59. The molecule has 0 spiro atoms. The van der Waals surface area contributed by atoms with Gasteiger partial charge in [0.05, 0.1) is 26.9 Å². The Kier molecular flexibility index (Phi) is 5.45. The minimum Gasteiger partial charge on any atom is -0.497 e. The smallest absolute Gasteiger partial charge is 0.331 e. The lowest BCUT2D eigenvalue weighted by Gasteiger charge is -2.12. The largest absolute Gasteiger partial charge is 0.497 e. The van der Waals surface area contributed by atoms with Crippen LogP contribution in [-0.2, 0) is 14.3 Å². The number of rotatable bonds is 6. The average Bonchev–Trinajstić information content (AvgIpc) is 2.38. The summed E-state index contributed by atoms with van der Waals surface area (Å²) in [5.41, 5.74) is 6.82. The normalized spacial score (nSPS) is 11.9. The highest BCUT2D eigenvalue weighted by Crippen LogP contribution is 2.16. The molecule has 5 nitrogen and oxygen atoms in total. The number of esters is 1. The summed E-state index contributed by atoms with van der Waals surface area (Å²) in [6.45, 7) is 0.182. The first-order chi connectivity index (χ1) is 8.17. The first kappa shape index (κ1) is 13.5. The highest BCUT2D eigenvalue weighted by Gasteiger charge is 2.08. The Balaban J connectivity index is 2.40. The van der Waals surface area contributed by atoms with E-state index in [1.54, 1.807) is 7.11 Å². The summed E-state index contributed by atoms with van der Waals surface area (Å²) < 4.78 is 14.6. The first-order valence-corrected chi connectivity index (χ1v) is 5.21. The Morgan fingerprint density at radius 1 is 1.29 bits per heavy atom. The lowest BCUT2D eigenvalue weighted by molar-refractivity contribution is -0.146. The Morgan fingerprint density at radius 2 is 1.94 bits per heavy atom. The number of carbonyl (C=O) groups excluding carboxylic acids is 1. The lowest BCUT2D eigenvalue weighted by Crippen LogP contribution is -2.20. The second kappa shape index (κ2) is 6.88. The van der Waals surface area contributed by atoms with E-state index in [1.165, 1.54) is 7.11 Å². The van der Waals surface area contributed by atoms with Crippen LogP contribution in [0.4, 0.5) is 0 Å². The van der Waals surface area contributed by atoms with E-state index in [0.717, 1.165) is 11.3 Å². The van der Waals surface area contributed by atoms with E-state index >= 15 is 0 Å². The summed E-state index contributed by atoms with van der Waals surface area (Å²) >= 11 is 0. The molecule has 2 N–H and O–H groups in total. The van der Waals surface area contributed by atoms with Gasteiger partial charge in [0.2, 0.25) is 0 Å². The van der Waals surface area contributed by atoms with Gasteiger partial charge in [-0.25, -0.2) is 4.79 Å². The van der Waals surface area contributed by atoms with Crippen molar-refractivity contribution >= 4 is 5.97 Å². The van der Waals surface area contributed by atoms with Gasteiger partial charge in [-0.1, -0.05) is 12.1 Å². The van der Waals surface area contributed by atoms with E-state index in [9.17, 15) is 4.79 Å². The summed E-state index contributed by atoms with van der Waals surface area (Å²) in [4.78, 5) is 10.8. The van der Waals surface area contributed by atoms with Crippen molar-refractivity contribution in [2.45, 2.75) is 6.04 Å². The zero-order valence-electron chi connectivity index (χ0n) is 10.0. The molecule has 0 aromatic heterocycles. The maximum atomic E-state index is 10.8. The van der Waals surface area contributed by atoms with E-state index in [0.29, 0.717) is 0 Å². The molecule has 0 bridgehead atoms. The third-order valence-corrected chi connectivity index (χ3v) is 2.29. The fourth-order valence-electron chi connectivity index (χ4n) is 1.28. The van der Waals surface area contributed by atoms with Crippen LogP contribution in [0.2, 0.25) is 0 Å². The highest BCUT2D eigenvalue weighted by molar-refractivity contribution is 5.70. The van der Waals surface area contributed by atoms with Crippen molar-refractivity contribution in [1.29, 1.82) is 0 Å². The zero-order valence-corrected chi connectivity index (χ0v) is 10.0. The molecule has 5 heteroatoms. The third kappa shape index (κ3) is 4.42. The van der Waals surface area contributed by atoms with E-state index < -0.39 is 5.97 Å². The monoisotopic (exact) mass is 239 g/mol. The topological polar surface area (TPSA) is 70.8 Å². The summed E-state index contributed by atoms with van der Waals surface area (Å²) in [6, 6.07) is 7.12. The van der Waals surface area contributed by atoms with Crippen LogP contribution >= 0.6 is 0 Å².